The van der Waals surface area contributed by atoms with Gasteiger partial charge in [0.15, 0.2) is 0 Å². The highest BCUT2D eigenvalue weighted by atomic mass is 32.2. The summed E-state index contributed by atoms with van der Waals surface area (Å²) in [6.07, 6.45) is 13.9. The van der Waals surface area contributed by atoms with Crippen molar-refractivity contribution in [1.82, 2.24) is 10.6 Å². The van der Waals surface area contributed by atoms with Crippen molar-refractivity contribution in [3.8, 4) is 0 Å². The van der Waals surface area contributed by atoms with E-state index in [2.05, 4.69) is 10.6 Å². The van der Waals surface area contributed by atoms with Crippen LogP contribution >= 0.6 is 11.8 Å². The molecule has 182 valence electrons. The number of thioether (sulfide) groups is 1. The molecule has 2 rings (SSSR count). The largest absolute Gasteiger partial charge is 0.480 e. The SMILES string of the molecule is C1CCC(NC2CCCCC2)CC1.CC(C)(C)OC(=O)N[C@@H](CSC(C)(C)C)C(=O)O. The Morgan fingerprint density at radius 1 is 0.903 bits per heavy atom. The van der Waals surface area contributed by atoms with Crippen LogP contribution in [0.1, 0.15) is 106 Å². The number of carbonyl (C=O) groups is 2. The van der Waals surface area contributed by atoms with Crippen molar-refractivity contribution in [2.75, 3.05) is 5.75 Å². The number of rotatable bonds is 6. The molecule has 3 N–H and O–H groups in total. The topological polar surface area (TPSA) is 87.7 Å². The van der Waals surface area contributed by atoms with Crippen molar-refractivity contribution in [2.45, 2.75) is 134 Å². The average molecular weight is 459 g/mol. The molecule has 1 amide bonds. The second-order valence-electron chi connectivity index (χ2n) is 10.8. The standard InChI is InChI=1S/C12H23NO4S.C12H23N/c1-11(2,3)17-10(16)13-8(9(14)15)7-18-12(4,5)6;1-3-7-11(8-4-1)13-12-9-5-2-6-10-12/h8H,7H2,1-6H3,(H,13,16)(H,14,15);11-13H,1-10H2/t8-;/m0./s1. The fourth-order valence-electron chi connectivity index (χ4n) is 3.83. The van der Waals surface area contributed by atoms with Gasteiger partial charge in [-0.25, -0.2) is 9.59 Å². The van der Waals surface area contributed by atoms with E-state index in [1.54, 1.807) is 20.8 Å². The van der Waals surface area contributed by atoms with E-state index < -0.39 is 23.7 Å². The molecule has 0 bridgehead atoms. The van der Waals surface area contributed by atoms with Crippen LogP contribution in [0, 0.1) is 0 Å². The number of nitrogens with one attached hydrogen (secondary N) is 2. The molecule has 0 aromatic heterocycles. The third-order valence-corrected chi connectivity index (χ3v) is 6.72. The molecule has 2 aliphatic carbocycles. The summed E-state index contributed by atoms with van der Waals surface area (Å²) >= 11 is 1.48. The van der Waals surface area contributed by atoms with Crippen molar-refractivity contribution < 1.29 is 19.4 Å². The number of carboxylic acid groups (broad SMARTS) is 1. The van der Waals surface area contributed by atoms with Gasteiger partial charge in [-0.2, -0.15) is 11.8 Å². The highest BCUT2D eigenvalue weighted by Crippen LogP contribution is 2.24. The number of alkyl carbamates (subject to hydrolysis) is 1. The van der Waals surface area contributed by atoms with Gasteiger partial charge in [0.25, 0.3) is 0 Å². The summed E-state index contributed by atoms with van der Waals surface area (Å²) in [5.74, 6) is -0.754. The van der Waals surface area contributed by atoms with Crippen LogP contribution in [0.4, 0.5) is 4.79 Å². The second-order valence-corrected chi connectivity index (χ2v) is 12.6. The zero-order valence-electron chi connectivity index (χ0n) is 20.6. The number of carboxylic acids is 1. The quantitative estimate of drug-likeness (QED) is 0.470. The van der Waals surface area contributed by atoms with E-state index in [0.29, 0.717) is 5.75 Å². The molecule has 1 atom stereocenters. The predicted molar refractivity (Wildman–Crippen MR) is 130 cm³/mol. The van der Waals surface area contributed by atoms with Gasteiger partial charge < -0.3 is 20.5 Å². The molecule has 2 saturated carbocycles. The van der Waals surface area contributed by atoms with Crippen molar-refractivity contribution in [3.05, 3.63) is 0 Å². The van der Waals surface area contributed by atoms with Crippen LogP contribution in [0.5, 0.6) is 0 Å². The minimum Gasteiger partial charge on any atom is -0.480 e. The summed E-state index contributed by atoms with van der Waals surface area (Å²) in [4.78, 5) is 22.5. The fourth-order valence-corrected chi connectivity index (χ4v) is 4.72. The van der Waals surface area contributed by atoms with Crippen LogP contribution in [0.3, 0.4) is 0 Å². The number of ether oxygens (including phenoxy) is 1. The van der Waals surface area contributed by atoms with Crippen LogP contribution in [-0.2, 0) is 9.53 Å². The smallest absolute Gasteiger partial charge is 0.408 e. The molecule has 31 heavy (non-hydrogen) atoms. The minimum absolute atomic E-state index is 0.0523. The van der Waals surface area contributed by atoms with E-state index in [-0.39, 0.29) is 4.75 Å². The molecule has 0 radical (unpaired) electrons. The number of amides is 1. The van der Waals surface area contributed by atoms with Crippen LogP contribution in [-0.4, -0.2) is 51.4 Å². The van der Waals surface area contributed by atoms with Crippen molar-refractivity contribution in [1.29, 1.82) is 0 Å². The first-order valence-corrected chi connectivity index (χ1v) is 13.0. The van der Waals surface area contributed by atoms with Crippen molar-refractivity contribution in [2.24, 2.45) is 0 Å². The number of hydrogen-bond acceptors (Lipinski definition) is 5. The summed E-state index contributed by atoms with van der Waals surface area (Å²) in [5.41, 5.74) is -0.635. The molecular weight excluding hydrogens is 412 g/mol. The third kappa shape index (κ3) is 14.7. The molecule has 0 aromatic carbocycles. The molecule has 0 spiro atoms. The van der Waals surface area contributed by atoms with E-state index in [0.717, 1.165) is 12.1 Å². The first-order valence-electron chi connectivity index (χ1n) is 12.0. The lowest BCUT2D eigenvalue weighted by Crippen LogP contribution is -2.45. The maximum atomic E-state index is 11.5. The van der Waals surface area contributed by atoms with Gasteiger partial charge in [0.05, 0.1) is 0 Å². The predicted octanol–water partition coefficient (Wildman–Crippen LogP) is 5.74. The highest BCUT2D eigenvalue weighted by Gasteiger charge is 2.25. The average Bonchev–Trinajstić information content (AvgIpc) is 2.65. The summed E-state index contributed by atoms with van der Waals surface area (Å²) < 4.78 is 4.98. The Labute approximate surface area is 194 Å². The minimum atomic E-state index is -1.06. The third-order valence-electron chi connectivity index (χ3n) is 5.35. The molecule has 7 heteroatoms. The molecule has 2 fully saturated rings. The Hall–Kier alpha value is -0.950. The molecule has 0 heterocycles. The highest BCUT2D eigenvalue weighted by molar-refractivity contribution is 8.00. The van der Waals surface area contributed by atoms with Crippen molar-refractivity contribution >= 4 is 23.8 Å². The Morgan fingerprint density at radius 3 is 1.71 bits per heavy atom. The van der Waals surface area contributed by atoms with E-state index >= 15 is 0 Å². The van der Waals surface area contributed by atoms with Gasteiger partial charge in [-0.3, -0.25) is 0 Å². The molecule has 6 nitrogen and oxygen atoms in total. The normalized spacial score (nSPS) is 19.7. The van der Waals surface area contributed by atoms with Gasteiger partial charge in [0.1, 0.15) is 11.6 Å². The maximum Gasteiger partial charge on any atom is 0.408 e. The molecular formula is C24H46N2O4S. The van der Waals surface area contributed by atoms with Crippen LogP contribution in [0.25, 0.3) is 0 Å². The van der Waals surface area contributed by atoms with E-state index in [4.69, 9.17) is 9.84 Å². The number of aliphatic carboxylic acids is 1. The second kappa shape index (κ2) is 13.6. The van der Waals surface area contributed by atoms with Gasteiger partial charge in [-0.1, -0.05) is 59.3 Å². The zero-order valence-corrected chi connectivity index (χ0v) is 21.4. The Bertz CT molecular complexity index is 515. The summed E-state index contributed by atoms with van der Waals surface area (Å²) in [7, 11) is 0. The molecule has 0 aromatic rings. The molecule has 2 aliphatic rings. The Kier molecular flexibility index (Phi) is 12.3. The summed E-state index contributed by atoms with van der Waals surface area (Å²) in [6, 6.07) is 0.803. The number of carbonyl (C=O) groups excluding carboxylic acids is 1. The van der Waals surface area contributed by atoms with Crippen molar-refractivity contribution in [3.63, 3.8) is 0 Å². The van der Waals surface area contributed by atoms with Gasteiger partial charge in [-0.15, -0.1) is 0 Å². The summed E-state index contributed by atoms with van der Waals surface area (Å²) in [5, 5.41) is 15.3. The van der Waals surface area contributed by atoms with Crippen LogP contribution in [0.15, 0.2) is 0 Å². The Morgan fingerprint density at radius 2 is 1.35 bits per heavy atom. The molecule has 0 saturated heterocycles. The lowest BCUT2D eigenvalue weighted by Gasteiger charge is -2.30. The van der Waals surface area contributed by atoms with Gasteiger partial charge in [0, 0.05) is 22.6 Å². The zero-order chi connectivity index (χ0) is 23.5. The fraction of sp³-hybridized carbons (Fsp3) is 0.917. The molecule has 0 aliphatic heterocycles. The first kappa shape index (κ1) is 28.1. The monoisotopic (exact) mass is 458 g/mol. The van der Waals surface area contributed by atoms with Gasteiger partial charge in [0.2, 0.25) is 0 Å². The van der Waals surface area contributed by atoms with Gasteiger partial charge >= 0.3 is 12.1 Å². The van der Waals surface area contributed by atoms with Gasteiger partial charge in [-0.05, 0) is 46.5 Å². The first-order chi connectivity index (χ1) is 14.4. The Balaban J connectivity index is 0.000000323. The van der Waals surface area contributed by atoms with E-state index in [1.165, 1.54) is 76.0 Å². The lowest BCUT2D eigenvalue weighted by molar-refractivity contribution is -0.138. The lowest BCUT2D eigenvalue weighted by atomic mass is 9.91. The maximum absolute atomic E-state index is 11.5. The van der Waals surface area contributed by atoms with E-state index in [1.807, 2.05) is 20.8 Å². The summed E-state index contributed by atoms with van der Waals surface area (Å²) in [6.45, 7) is 11.2. The van der Waals surface area contributed by atoms with Crippen LogP contribution < -0.4 is 10.6 Å². The number of hydrogen-bond donors (Lipinski definition) is 3. The van der Waals surface area contributed by atoms with E-state index in [9.17, 15) is 9.59 Å². The van der Waals surface area contributed by atoms with Crippen LogP contribution in [0.2, 0.25) is 0 Å². The molecule has 0 unspecified atom stereocenters.